The van der Waals surface area contributed by atoms with Gasteiger partial charge in [0, 0.05) is 5.41 Å². The number of ether oxygens (including phenoxy) is 2. The fraction of sp³-hybridized carbons (Fsp3) is 0.667. The van der Waals surface area contributed by atoms with E-state index >= 15 is 0 Å². The first-order chi connectivity index (χ1) is 6.55. The molecule has 0 aromatic rings. The fourth-order valence-corrected chi connectivity index (χ4v) is 2.04. The quantitative estimate of drug-likeness (QED) is 0.639. The van der Waals surface area contributed by atoms with E-state index in [-0.39, 0.29) is 5.41 Å². The van der Waals surface area contributed by atoms with Gasteiger partial charge in [-0.1, -0.05) is 24.3 Å². The number of hydrogen-bond donors (Lipinski definition) is 0. The van der Waals surface area contributed by atoms with E-state index in [4.69, 9.17) is 9.47 Å². The van der Waals surface area contributed by atoms with Gasteiger partial charge in [-0.15, -0.1) is 0 Å². The Morgan fingerprint density at radius 3 is 2.50 bits per heavy atom. The molecule has 78 valence electrons. The van der Waals surface area contributed by atoms with Crippen molar-refractivity contribution in [2.45, 2.75) is 32.5 Å². The monoisotopic (exact) mass is 194 g/mol. The highest BCUT2D eigenvalue weighted by Gasteiger charge is 2.41. The molecule has 0 amide bonds. The topological polar surface area (TPSA) is 18.5 Å². The number of rotatable bonds is 1. The first-order valence-electron chi connectivity index (χ1n) is 5.15. The predicted octanol–water partition coefficient (Wildman–Crippen LogP) is 2.66. The molecular formula is C12H18O2. The van der Waals surface area contributed by atoms with Crippen LogP contribution in [0, 0.1) is 5.41 Å². The van der Waals surface area contributed by atoms with Crippen LogP contribution >= 0.6 is 0 Å². The van der Waals surface area contributed by atoms with Crippen LogP contribution in [0.1, 0.15) is 26.7 Å². The molecule has 1 spiro atoms. The third-order valence-corrected chi connectivity index (χ3v) is 3.09. The number of allylic oxidation sites excluding steroid dienone is 3. The molecule has 0 saturated carbocycles. The maximum Gasteiger partial charge on any atom is 0.162 e. The molecule has 1 saturated heterocycles. The van der Waals surface area contributed by atoms with Gasteiger partial charge < -0.3 is 9.47 Å². The maximum atomic E-state index is 5.71. The number of hydrogen-bond acceptors (Lipinski definition) is 2. The minimum Gasteiger partial charge on any atom is -0.350 e. The molecule has 1 fully saturated rings. The van der Waals surface area contributed by atoms with Gasteiger partial charge in [-0.2, -0.15) is 0 Å². The summed E-state index contributed by atoms with van der Waals surface area (Å²) in [6.07, 6.45) is 6.30. The molecule has 1 aliphatic carbocycles. The second kappa shape index (κ2) is 3.21. The van der Waals surface area contributed by atoms with Gasteiger partial charge in [0.2, 0.25) is 0 Å². The van der Waals surface area contributed by atoms with Crippen molar-refractivity contribution in [2.75, 3.05) is 13.2 Å². The third-order valence-electron chi connectivity index (χ3n) is 3.09. The third kappa shape index (κ3) is 1.77. The lowest BCUT2D eigenvalue weighted by molar-refractivity contribution is -0.283. The Labute approximate surface area is 85.6 Å². The Morgan fingerprint density at radius 1 is 1.36 bits per heavy atom. The zero-order chi connectivity index (χ0) is 10.2. The molecule has 1 aliphatic heterocycles. The Balaban J connectivity index is 1.99. The summed E-state index contributed by atoms with van der Waals surface area (Å²) in [4.78, 5) is 0. The normalized spacial score (nSPS) is 28.9. The lowest BCUT2D eigenvalue weighted by Gasteiger charge is -2.41. The van der Waals surface area contributed by atoms with Crippen LogP contribution in [0.3, 0.4) is 0 Å². The summed E-state index contributed by atoms with van der Waals surface area (Å²) in [6, 6.07) is 0. The van der Waals surface area contributed by atoms with Gasteiger partial charge in [0.1, 0.15) is 0 Å². The van der Waals surface area contributed by atoms with Crippen LogP contribution in [-0.2, 0) is 9.47 Å². The van der Waals surface area contributed by atoms with Gasteiger partial charge in [0.25, 0.3) is 0 Å². The average Bonchev–Trinajstić information content (AvgIpc) is 2.56. The largest absolute Gasteiger partial charge is 0.350 e. The minimum absolute atomic E-state index is 0.193. The van der Waals surface area contributed by atoms with E-state index in [1.165, 1.54) is 5.57 Å². The molecule has 2 nitrogen and oxygen atoms in total. The Hall–Kier alpha value is -0.600. The molecule has 0 atom stereocenters. The van der Waals surface area contributed by atoms with Gasteiger partial charge in [0.05, 0.1) is 13.2 Å². The van der Waals surface area contributed by atoms with E-state index in [2.05, 4.69) is 12.7 Å². The molecule has 0 aromatic heterocycles. The second-order valence-corrected chi connectivity index (χ2v) is 4.84. The van der Waals surface area contributed by atoms with E-state index in [0.717, 1.165) is 26.1 Å². The summed E-state index contributed by atoms with van der Waals surface area (Å²) in [5, 5.41) is 0. The Bertz CT molecular complexity index is 266. The fourth-order valence-electron chi connectivity index (χ4n) is 2.04. The van der Waals surface area contributed by atoms with Gasteiger partial charge in [-0.05, 0) is 26.7 Å². The maximum absolute atomic E-state index is 5.71. The van der Waals surface area contributed by atoms with Crippen LogP contribution in [0.4, 0.5) is 0 Å². The van der Waals surface area contributed by atoms with E-state index in [1.54, 1.807) is 0 Å². The van der Waals surface area contributed by atoms with Gasteiger partial charge >= 0.3 is 0 Å². The molecular weight excluding hydrogens is 176 g/mol. The smallest absolute Gasteiger partial charge is 0.162 e. The molecule has 14 heavy (non-hydrogen) atoms. The van der Waals surface area contributed by atoms with E-state index in [0.29, 0.717) is 0 Å². The molecule has 0 unspecified atom stereocenters. The molecule has 0 N–H and O–H groups in total. The first kappa shape index (κ1) is 9.94. The van der Waals surface area contributed by atoms with Crippen molar-refractivity contribution < 1.29 is 9.47 Å². The summed E-state index contributed by atoms with van der Waals surface area (Å²) in [5.74, 6) is -0.401. The summed E-state index contributed by atoms with van der Waals surface area (Å²) in [5.41, 5.74) is 1.52. The standard InChI is InChI=1S/C12H18O2/c1-4-10-5-6-12(7-10)8-13-11(2,3)14-9-12/h4-5H,1,6-9H2,2-3H3. The van der Waals surface area contributed by atoms with Crippen molar-refractivity contribution in [1.29, 1.82) is 0 Å². The summed E-state index contributed by atoms with van der Waals surface area (Å²) in [7, 11) is 0. The second-order valence-electron chi connectivity index (χ2n) is 4.84. The van der Waals surface area contributed by atoms with Crippen molar-refractivity contribution in [3.8, 4) is 0 Å². The molecule has 0 bridgehead atoms. The molecule has 2 rings (SSSR count). The van der Waals surface area contributed by atoms with Crippen LogP contribution in [0.15, 0.2) is 24.3 Å². The average molecular weight is 194 g/mol. The highest BCUT2D eigenvalue weighted by Crippen LogP contribution is 2.42. The molecule has 1 heterocycles. The summed E-state index contributed by atoms with van der Waals surface area (Å²) in [6.45, 7) is 9.34. The van der Waals surface area contributed by atoms with Crippen LogP contribution in [0.5, 0.6) is 0 Å². The zero-order valence-electron chi connectivity index (χ0n) is 9.01. The molecule has 2 heteroatoms. The lowest BCUT2D eigenvalue weighted by Crippen LogP contribution is -2.45. The van der Waals surface area contributed by atoms with Crippen LogP contribution < -0.4 is 0 Å². The Kier molecular flexibility index (Phi) is 2.28. The summed E-state index contributed by atoms with van der Waals surface area (Å²) < 4.78 is 11.4. The van der Waals surface area contributed by atoms with E-state index in [9.17, 15) is 0 Å². The predicted molar refractivity (Wildman–Crippen MR) is 55.9 cm³/mol. The van der Waals surface area contributed by atoms with E-state index in [1.807, 2.05) is 19.9 Å². The summed E-state index contributed by atoms with van der Waals surface area (Å²) >= 11 is 0. The first-order valence-corrected chi connectivity index (χ1v) is 5.15. The lowest BCUT2D eigenvalue weighted by atomic mass is 9.85. The van der Waals surface area contributed by atoms with Gasteiger partial charge in [-0.3, -0.25) is 0 Å². The highest BCUT2D eigenvalue weighted by atomic mass is 16.7. The minimum atomic E-state index is -0.401. The highest BCUT2D eigenvalue weighted by molar-refractivity contribution is 5.24. The Morgan fingerprint density at radius 2 is 2.00 bits per heavy atom. The van der Waals surface area contributed by atoms with Gasteiger partial charge in [-0.25, -0.2) is 0 Å². The van der Waals surface area contributed by atoms with Crippen LogP contribution in [-0.4, -0.2) is 19.0 Å². The van der Waals surface area contributed by atoms with Crippen LogP contribution in [0.2, 0.25) is 0 Å². The van der Waals surface area contributed by atoms with Crippen molar-refractivity contribution in [2.24, 2.45) is 5.41 Å². The molecule has 0 aromatic carbocycles. The van der Waals surface area contributed by atoms with Crippen molar-refractivity contribution in [3.05, 3.63) is 24.3 Å². The van der Waals surface area contributed by atoms with Crippen LogP contribution in [0.25, 0.3) is 0 Å². The zero-order valence-corrected chi connectivity index (χ0v) is 9.01. The molecule has 0 radical (unpaired) electrons. The molecule has 2 aliphatic rings. The van der Waals surface area contributed by atoms with Crippen molar-refractivity contribution in [3.63, 3.8) is 0 Å². The van der Waals surface area contributed by atoms with Crippen molar-refractivity contribution in [1.82, 2.24) is 0 Å². The van der Waals surface area contributed by atoms with Gasteiger partial charge in [0.15, 0.2) is 5.79 Å². The SMILES string of the molecule is C=CC1=CCC2(COC(C)(C)OC2)C1. The van der Waals surface area contributed by atoms with Crippen molar-refractivity contribution >= 4 is 0 Å². The van der Waals surface area contributed by atoms with E-state index < -0.39 is 5.79 Å².